The molecule has 0 fully saturated rings. The Morgan fingerprint density at radius 3 is 2.71 bits per heavy atom. The van der Waals surface area contributed by atoms with Gasteiger partial charge in [0.1, 0.15) is 11.6 Å². The van der Waals surface area contributed by atoms with Crippen LogP contribution in [-0.2, 0) is 10.5 Å². The fourth-order valence-corrected chi connectivity index (χ4v) is 4.37. The van der Waals surface area contributed by atoms with Crippen LogP contribution in [0.3, 0.4) is 0 Å². The van der Waals surface area contributed by atoms with Crippen LogP contribution in [0, 0.1) is 5.82 Å². The summed E-state index contributed by atoms with van der Waals surface area (Å²) >= 11 is 4.55. The van der Waals surface area contributed by atoms with Gasteiger partial charge >= 0.3 is 0 Å². The first kappa shape index (κ1) is 18.9. The van der Waals surface area contributed by atoms with Gasteiger partial charge in [-0.05, 0) is 39.2 Å². The largest absolute Gasteiger partial charge is 0.310 e. The molecule has 2 N–H and O–H groups in total. The number of hydrogen-bond donors (Lipinski definition) is 2. The average Bonchev–Trinajstić information content (AvgIpc) is 2.68. The smallest absolute Gasteiger partial charge is 0.257 e. The molecule has 1 amide bonds. The molecule has 3 aromatic rings. The third kappa shape index (κ3) is 3.88. The van der Waals surface area contributed by atoms with E-state index in [2.05, 4.69) is 31.2 Å². The number of anilines is 1. The van der Waals surface area contributed by atoms with Crippen molar-refractivity contribution in [1.82, 2.24) is 9.97 Å². The first-order valence-electron chi connectivity index (χ1n) is 8.57. The van der Waals surface area contributed by atoms with Crippen LogP contribution in [0.4, 0.5) is 10.2 Å². The van der Waals surface area contributed by atoms with Crippen LogP contribution < -0.4 is 10.9 Å². The van der Waals surface area contributed by atoms with Crippen molar-refractivity contribution in [2.75, 3.05) is 5.32 Å². The third-order valence-electron chi connectivity index (χ3n) is 4.49. The minimum atomic E-state index is -0.481. The molecule has 5 nitrogen and oxygen atoms in total. The highest BCUT2D eigenvalue weighted by molar-refractivity contribution is 9.10. The van der Waals surface area contributed by atoms with Crippen LogP contribution in [0.25, 0.3) is 0 Å². The predicted octanol–water partition coefficient (Wildman–Crippen LogP) is 4.44. The Morgan fingerprint density at radius 1 is 1.18 bits per heavy atom. The van der Waals surface area contributed by atoms with E-state index in [1.54, 1.807) is 12.1 Å². The van der Waals surface area contributed by atoms with Gasteiger partial charge in [-0.3, -0.25) is 9.59 Å². The van der Waals surface area contributed by atoms with Crippen LogP contribution in [0.15, 0.2) is 63.0 Å². The van der Waals surface area contributed by atoms with Crippen LogP contribution in [0.2, 0.25) is 0 Å². The van der Waals surface area contributed by atoms with E-state index in [0.717, 1.165) is 5.56 Å². The molecule has 1 aromatic heterocycles. The van der Waals surface area contributed by atoms with Crippen molar-refractivity contribution in [1.29, 1.82) is 0 Å². The number of hydrogen-bond acceptors (Lipinski definition) is 4. The van der Waals surface area contributed by atoms with E-state index in [1.807, 2.05) is 30.3 Å². The maximum absolute atomic E-state index is 13.6. The van der Waals surface area contributed by atoms with E-state index >= 15 is 0 Å². The van der Waals surface area contributed by atoms with Gasteiger partial charge in [0.15, 0.2) is 5.16 Å². The number of nitrogens with one attached hydrogen (secondary N) is 2. The summed E-state index contributed by atoms with van der Waals surface area (Å²) in [6.07, 6.45) is 0.104. The summed E-state index contributed by atoms with van der Waals surface area (Å²) in [6, 6.07) is 14.3. The van der Waals surface area contributed by atoms with Crippen molar-refractivity contribution < 1.29 is 9.18 Å². The van der Waals surface area contributed by atoms with Gasteiger partial charge in [0.05, 0.1) is 10.0 Å². The molecule has 2 heterocycles. The molecule has 0 unspecified atom stereocenters. The minimum Gasteiger partial charge on any atom is -0.310 e. The Morgan fingerprint density at radius 2 is 1.96 bits per heavy atom. The molecule has 1 aliphatic rings. The van der Waals surface area contributed by atoms with Crippen molar-refractivity contribution in [3.05, 3.63) is 85.9 Å². The van der Waals surface area contributed by atoms with E-state index in [9.17, 15) is 14.0 Å². The molecular formula is C20H15BrFN3O2S. The van der Waals surface area contributed by atoms with Crippen molar-refractivity contribution in [2.45, 2.75) is 23.2 Å². The Kier molecular flexibility index (Phi) is 5.32. The van der Waals surface area contributed by atoms with E-state index in [-0.39, 0.29) is 28.2 Å². The van der Waals surface area contributed by atoms with Crippen molar-refractivity contribution in [2.24, 2.45) is 0 Å². The fourth-order valence-electron chi connectivity index (χ4n) is 3.16. The number of aromatic nitrogens is 2. The second-order valence-electron chi connectivity index (χ2n) is 6.39. The van der Waals surface area contributed by atoms with Gasteiger partial charge in [-0.1, -0.05) is 48.2 Å². The van der Waals surface area contributed by atoms with Gasteiger partial charge < -0.3 is 10.3 Å². The van der Waals surface area contributed by atoms with Crippen LogP contribution in [-0.4, -0.2) is 15.9 Å². The first-order valence-corrected chi connectivity index (χ1v) is 10.3. The lowest BCUT2D eigenvalue weighted by Gasteiger charge is -2.24. The summed E-state index contributed by atoms with van der Waals surface area (Å²) in [5, 5.41) is 3.13. The molecule has 2 aromatic carbocycles. The SMILES string of the molecule is O=C1C[C@@H](c2ccc(F)c(Br)c2)c2c(nc(SCc3ccccc3)[nH]c2=O)N1. The van der Waals surface area contributed by atoms with Gasteiger partial charge in [-0.15, -0.1) is 0 Å². The molecular weight excluding hydrogens is 445 g/mol. The monoisotopic (exact) mass is 459 g/mol. The molecule has 142 valence electrons. The van der Waals surface area contributed by atoms with Gasteiger partial charge in [0.2, 0.25) is 5.91 Å². The zero-order valence-corrected chi connectivity index (χ0v) is 16.9. The lowest BCUT2D eigenvalue weighted by Crippen LogP contribution is -2.31. The number of halogens is 2. The second kappa shape index (κ2) is 7.89. The molecule has 0 bridgehead atoms. The van der Waals surface area contributed by atoms with E-state index in [0.29, 0.717) is 22.0 Å². The van der Waals surface area contributed by atoms with Gasteiger partial charge in [0, 0.05) is 18.1 Å². The Balaban J connectivity index is 1.68. The zero-order valence-electron chi connectivity index (χ0n) is 14.5. The van der Waals surface area contributed by atoms with E-state index in [1.165, 1.54) is 17.8 Å². The quantitative estimate of drug-likeness (QED) is 0.446. The lowest BCUT2D eigenvalue weighted by atomic mass is 9.87. The summed E-state index contributed by atoms with van der Waals surface area (Å²) in [7, 11) is 0. The highest BCUT2D eigenvalue weighted by Crippen LogP contribution is 2.36. The topological polar surface area (TPSA) is 74.8 Å². The van der Waals surface area contributed by atoms with Gasteiger partial charge in [-0.25, -0.2) is 9.37 Å². The summed E-state index contributed by atoms with van der Waals surface area (Å²) in [6.45, 7) is 0. The van der Waals surface area contributed by atoms with Gasteiger partial charge in [-0.2, -0.15) is 0 Å². The molecule has 0 spiro atoms. The summed E-state index contributed by atoms with van der Waals surface area (Å²) in [5.74, 6) is -0.199. The molecule has 4 rings (SSSR count). The molecule has 8 heteroatoms. The maximum Gasteiger partial charge on any atom is 0.257 e. The Hall–Kier alpha value is -2.45. The summed E-state index contributed by atoms with van der Waals surface area (Å²) < 4.78 is 13.9. The highest BCUT2D eigenvalue weighted by atomic mass is 79.9. The van der Waals surface area contributed by atoms with Crippen LogP contribution in [0.1, 0.15) is 29.0 Å². The standard InChI is InChI=1S/C20H15BrFN3O2S/c21-14-8-12(6-7-15(14)22)13-9-16(26)23-18-17(13)19(27)25-20(24-18)28-10-11-4-2-1-3-5-11/h1-8,13H,9-10H2,(H2,23,24,25,26,27)/t13-/m0/s1. The van der Waals surface area contributed by atoms with E-state index < -0.39 is 11.7 Å². The van der Waals surface area contributed by atoms with Crippen molar-refractivity contribution in [3.8, 4) is 0 Å². The summed E-state index contributed by atoms with van der Waals surface area (Å²) in [4.78, 5) is 32.3. The Labute approximate surface area is 172 Å². The Bertz CT molecular complexity index is 1100. The number of nitrogens with zero attached hydrogens (tertiary/aromatic N) is 1. The number of fused-ring (bicyclic) bond motifs is 1. The molecule has 0 aliphatic carbocycles. The molecule has 1 atom stereocenters. The number of H-pyrrole nitrogens is 1. The normalized spacial score (nSPS) is 15.8. The number of thioether (sulfide) groups is 1. The van der Waals surface area contributed by atoms with Gasteiger partial charge in [0.25, 0.3) is 5.56 Å². The number of aromatic amines is 1. The summed E-state index contributed by atoms with van der Waals surface area (Å²) in [5.41, 5.74) is 1.88. The molecule has 1 aliphatic heterocycles. The number of benzene rings is 2. The number of carbonyl (C=O) groups is 1. The zero-order chi connectivity index (χ0) is 19.7. The lowest BCUT2D eigenvalue weighted by molar-refractivity contribution is -0.116. The number of rotatable bonds is 4. The van der Waals surface area contributed by atoms with E-state index in [4.69, 9.17) is 0 Å². The number of amides is 1. The maximum atomic E-state index is 13.6. The van der Waals surface area contributed by atoms with Crippen LogP contribution in [0.5, 0.6) is 0 Å². The van der Waals surface area contributed by atoms with Crippen molar-refractivity contribution >= 4 is 39.4 Å². The molecule has 28 heavy (non-hydrogen) atoms. The minimum absolute atomic E-state index is 0.104. The third-order valence-corrected chi connectivity index (χ3v) is 6.05. The van der Waals surface area contributed by atoms with Crippen molar-refractivity contribution in [3.63, 3.8) is 0 Å². The highest BCUT2D eigenvalue weighted by Gasteiger charge is 2.31. The first-order chi connectivity index (χ1) is 13.5. The number of carbonyl (C=O) groups excluding carboxylic acids is 1. The second-order valence-corrected chi connectivity index (χ2v) is 8.20. The average molecular weight is 460 g/mol. The fraction of sp³-hybridized carbons (Fsp3) is 0.150. The molecule has 0 saturated carbocycles. The predicted molar refractivity (Wildman–Crippen MR) is 110 cm³/mol. The van der Waals surface area contributed by atoms with Crippen LogP contribution >= 0.6 is 27.7 Å². The molecule has 0 saturated heterocycles. The molecule has 0 radical (unpaired) electrons.